The zero-order valence-corrected chi connectivity index (χ0v) is 8.16. The van der Waals surface area contributed by atoms with E-state index in [1.807, 2.05) is 0 Å². The normalized spacial score (nSPS) is 25.7. The van der Waals surface area contributed by atoms with Crippen LogP contribution in [-0.2, 0) is 9.59 Å². The van der Waals surface area contributed by atoms with E-state index in [2.05, 4.69) is 0 Å². The number of carboxylic acid groups (broad SMARTS) is 1. The minimum Gasteiger partial charge on any atom is -0.479 e. The number of amides is 1. The number of hydrogen-bond acceptors (Lipinski definition) is 2. The topological polar surface area (TPSA) is 57.6 Å². The van der Waals surface area contributed by atoms with Crippen molar-refractivity contribution in [2.75, 3.05) is 6.54 Å². The molecule has 2 rings (SSSR count). The van der Waals surface area contributed by atoms with Gasteiger partial charge in [0.1, 0.15) is 5.54 Å². The lowest BCUT2D eigenvalue weighted by atomic mass is 10.2. The van der Waals surface area contributed by atoms with E-state index in [-0.39, 0.29) is 5.91 Å². The summed E-state index contributed by atoms with van der Waals surface area (Å²) in [4.78, 5) is 24.3. The number of carbonyl (C=O) groups is 2. The Labute approximate surface area is 82.9 Å². The first-order chi connectivity index (χ1) is 6.67. The van der Waals surface area contributed by atoms with E-state index in [0.29, 0.717) is 25.8 Å². The summed E-state index contributed by atoms with van der Waals surface area (Å²) in [5.74, 6) is -0.796. The van der Waals surface area contributed by atoms with Crippen molar-refractivity contribution in [2.24, 2.45) is 0 Å². The van der Waals surface area contributed by atoms with Gasteiger partial charge in [-0.15, -0.1) is 0 Å². The molecule has 1 amide bonds. The van der Waals surface area contributed by atoms with Gasteiger partial charge in [0.2, 0.25) is 5.91 Å². The van der Waals surface area contributed by atoms with Gasteiger partial charge in [0.25, 0.3) is 0 Å². The number of carbonyl (C=O) groups excluding carboxylic acids is 1. The summed E-state index contributed by atoms with van der Waals surface area (Å²) in [5.41, 5.74) is -0.818. The molecule has 0 spiro atoms. The van der Waals surface area contributed by atoms with Crippen LogP contribution in [0.3, 0.4) is 0 Å². The van der Waals surface area contributed by atoms with E-state index in [0.717, 1.165) is 19.3 Å². The van der Waals surface area contributed by atoms with Crippen LogP contribution in [-0.4, -0.2) is 34.0 Å². The summed E-state index contributed by atoms with van der Waals surface area (Å²) < 4.78 is 0. The fourth-order valence-electron chi connectivity index (χ4n) is 2.15. The smallest absolute Gasteiger partial charge is 0.329 e. The predicted molar refractivity (Wildman–Crippen MR) is 49.8 cm³/mol. The minimum atomic E-state index is -0.826. The summed E-state index contributed by atoms with van der Waals surface area (Å²) in [5, 5.41) is 9.07. The molecule has 1 aliphatic carbocycles. The summed E-state index contributed by atoms with van der Waals surface area (Å²) in [7, 11) is 0. The third-order valence-electron chi connectivity index (χ3n) is 3.21. The predicted octanol–water partition coefficient (Wildman–Crippen LogP) is 1.01. The minimum absolute atomic E-state index is 0.0300. The quantitative estimate of drug-likeness (QED) is 0.718. The van der Waals surface area contributed by atoms with Crippen LogP contribution in [0.2, 0.25) is 0 Å². The molecule has 2 fully saturated rings. The second-order valence-electron chi connectivity index (χ2n) is 4.19. The van der Waals surface area contributed by atoms with Gasteiger partial charge in [0.15, 0.2) is 0 Å². The highest BCUT2D eigenvalue weighted by atomic mass is 16.4. The molecule has 0 atom stereocenters. The average molecular weight is 197 g/mol. The van der Waals surface area contributed by atoms with E-state index in [1.54, 1.807) is 4.90 Å². The van der Waals surface area contributed by atoms with E-state index >= 15 is 0 Å². The number of hydrogen-bond donors (Lipinski definition) is 1. The maximum atomic E-state index is 11.7. The van der Waals surface area contributed by atoms with Crippen LogP contribution in [0.5, 0.6) is 0 Å². The molecule has 2 aliphatic rings. The van der Waals surface area contributed by atoms with Gasteiger partial charge in [-0.3, -0.25) is 4.79 Å². The van der Waals surface area contributed by atoms with Gasteiger partial charge in [0.05, 0.1) is 0 Å². The maximum absolute atomic E-state index is 11.7. The van der Waals surface area contributed by atoms with Crippen molar-refractivity contribution in [3.8, 4) is 0 Å². The van der Waals surface area contributed by atoms with Gasteiger partial charge in [0, 0.05) is 13.0 Å². The van der Waals surface area contributed by atoms with Crippen LogP contribution in [0.25, 0.3) is 0 Å². The standard InChI is InChI=1S/C10H15NO3/c12-8-4-2-1-3-7-11(8)10(5-6-10)9(13)14/h1-7H2,(H,13,14). The molecule has 4 heteroatoms. The molecule has 0 aromatic rings. The van der Waals surface area contributed by atoms with Crippen molar-refractivity contribution in [1.29, 1.82) is 0 Å². The Balaban J connectivity index is 2.15. The molecule has 14 heavy (non-hydrogen) atoms. The van der Waals surface area contributed by atoms with Crippen molar-refractivity contribution in [1.82, 2.24) is 4.90 Å². The third kappa shape index (κ3) is 1.38. The molecule has 1 saturated heterocycles. The highest BCUT2D eigenvalue weighted by Gasteiger charge is 2.56. The van der Waals surface area contributed by atoms with E-state index in [1.165, 1.54) is 0 Å². The molecule has 0 bridgehead atoms. The molecule has 4 nitrogen and oxygen atoms in total. The largest absolute Gasteiger partial charge is 0.479 e. The Hall–Kier alpha value is -1.06. The van der Waals surface area contributed by atoms with Gasteiger partial charge in [-0.25, -0.2) is 4.79 Å². The van der Waals surface area contributed by atoms with Crippen LogP contribution in [0.4, 0.5) is 0 Å². The van der Waals surface area contributed by atoms with Crippen LogP contribution in [0, 0.1) is 0 Å². The first-order valence-electron chi connectivity index (χ1n) is 5.21. The van der Waals surface area contributed by atoms with Crippen molar-refractivity contribution < 1.29 is 14.7 Å². The summed E-state index contributed by atoms with van der Waals surface area (Å²) >= 11 is 0. The van der Waals surface area contributed by atoms with Gasteiger partial charge in [-0.05, 0) is 25.7 Å². The Morgan fingerprint density at radius 2 is 2.00 bits per heavy atom. The lowest BCUT2D eigenvalue weighted by molar-refractivity contribution is -0.152. The molecule has 0 unspecified atom stereocenters. The molecular weight excluding hydrogens is 182 g/mol. The van der Waals surface area contributed by atoms with Crippen molar-refractivity contribution in [3.63, 3.8) is 0 Å². The highest BCUT2D eigenvalue weighted by Crippen LogP contribution is 2.43. The zero-order valence-electron chi connectivity index (χ0n) is 8.16. The summed E-state index contributed by atoms with van der Waals surface area (Å²) in [6, 6.07) is 0. The Bertz CT molecular complexity index is 271. The maximum Gasteiger partial charge on any atom is 0.329 e. The SMILES string of the molecule is O=C1CCCCCN1C1(C(=O)O)CC1. The molecule has 0 aromatic carbocycles. The highest BCUT2D eigenvalue weighted by molar-refractivity contribution is 5.89. The number of rotatable bonds is 2. The molecule has 1 N–H and O–H groups in total. The van der Waals surface area contributed by atoms with E-state index in [4.69, 9.17) is 5.11 Å². The second kappa shape index (κ2) is 3.26. The lowest BCUT2D eigenvalue weighted by Crippen LogP contribution is -2.47. The first-order valence-corrected chi connectivity index (χ1v) is 5.21. The molecular formula is C10H15NO3. The fourth-order valence-corrected chi connectivity index (χ4v) is 2.15. The van der Waals surface area contributed by atoms with Gasteiger partial charge < -0.3 is 10.0 Å². The Morgan fingerprint density at radius 3 is 2.57 bits per heavy atom. The number of nitrogens with zero attached hydrogens (tertiary/aromatic N) is 1. The monoisotopic (exact) mass is 197 g/mol. The molecule has 78 valence electrons. The third-order valence-corrected chi connectivity index (χ3v) is 3.21. The average Bonchev–Trinajstić information content (AvgIpc) is 2.89. The molecule has 1 heterocycles. The van der Waals surface area contributed by atoms with Crippen LogP contribution in [0.15, 0.2) is 0 Å². The zero-order chi connectivity index (χ0) is 10.2. The lowest BCUT2D eigenvalue weighted by Gasteiger charge is -2.27. The van der Waals surface area contributed by atoms with Crippen molar-refractivity contribution in [3.05, 3.63) is 0 Å². The van der Waals surface area contributed by atoms with Crippen LogP contribution in [0.1, 0.15) is 38.5 Å². The first kappa shape index (κ1) is 9.49. The van der Waals surface area contributed by atoms with Crippen molar-refractivity contribution in [2.45, 2.75) is 44.1 Å². The molecule has 1 saturated carbocycles. The number of likely N-dealkylation sites (tertiary alicyclic amines) is 1. The molecule has 0 radical (unpaired) electrons. The van der Waals surface area contributed by atoms with Crippen LogP contribution >= 0.6 is 0 Å². The number of carboxylic acids is 1. The van der Waals surface area contributed by atoms with E-state index < -0.39 is 11.5 Å². The van der Waals surface area contributed by atoms with E-state index in [9.17, 15) is 9.59 Å². The fraction of sp³-hybridized carbons (Fsp3) is 0.800. The molecule has 0 aromatic heterocycles. The Morgan fingerprint density at radius 1 is 1.29 bits per heavy atom. The Kier molecular flexibility index (Phi) is 2.21. The number of aliphatic carboxylic acids is 1. The second-order valence-corrected chi connectivity index (χ2v) is 4.19. The van der Waals surface area contributed by atoms with Gasteiger partial charge in [-0.2, -0.15) is 0 Å². The molecule has 1 aliphatic heterocycles. The van der Waals surface area contributed by atoms with Gasteiger partial charge in [-0.1, -0.05) is 6.42 Å². The van der Waals surface area contributed by atoms with Gasteiger partial charge >= 0.3 is 5.97 Å². The van der Waals surface area contributed by atoms with Crippen LogP contribution < -0.4 is 0 Å². The van der Waals surface area contributed by atoms with Crippen molar-refractivity contribution >= 4 is 11.9 Å². The summed E-state index contributed by atoms with van der Waals surface area (Å²) in [6.45, 7) is 0.630. The summed E-state index contributed by atoms with van der Waals surface area (Å²) in [6.07, 6.45) is 4.68.